The number of hydrogen-bond acceptors (Lipinski definition) is 2. The number of rotatable bonds is 6. The van der Waals surface area contributed by atoms with E-state index in [1.165, 1.54) is 12.1 Å². The van der Waals surface area contributed by atoms with Crippen LogP contribution in [-0.2, 0) is 11.3 Å². The van der Waals surface area contributed by atoms with Gasteiger partial charge in [0.1, 0.15) is 5.82 Å². The van der Waals surface area contributed by atoms with E-state index in [1.807, 2.05) is 43.1 Å². The number of nitrogens with zero attached hydrogens (tertiary/aromatic N) is 1. The SMILES string of the molecule is CC(NC(=O)CN(C)Cc1cccc(Cl)c1)c1ccc(F)cc1. The second kappa shape index (κ2) is 8.09. The maximum Gasteiger partial charge on any atom is 0.234 e. The van der Waals surface area contributed by atoms with E-state index in [9.17, 15) is 9.18 Å². The molecule has 0 saturated heterocycles. The van der Waals surface area contributed by atoms with Crippen molar-refractivity contribution >= 4 is 17.5 Å². The van der Waals surface area contributed by atoms with E-state index in [1.54, 1.807) is 12.1 Å². The summed E-state index contributed by atoms with van der Waals surface area (Å²) in [4.78, 5) is 14.0. The monoisotopic (exact) mass is 334 g/mol. The highest BCUT2D eigenvalue weighted by Crippen LogP contribution is 2.14. The Morgan fingerprint density at radius 2 is 1.96 bits per heavy atom. The molecule has 0 aliphatic carbocycles. The maximum absolute atomic E-state index is 12.9. The van der Waals surface area contributed by atoms with Gasteiger partial charge < -0.3 is 5.32 Å². The van der Waals surface area contributed by atoms with Gasteiger partial charge in [-0.15, -0.1) is 0 Å². The van der Waals surface area contributed by atoms with Crippen molar-refractivity contribution in [2.75, 3.05) is 13.6 Å². The predicted molar refractivity (Wildman–Crippen MR) is 90.7 cm³/mol. The van der Waals surface area contributed by atoms with Crippen molar-refractivity contribution in [3.8, 4) is 0 Å². The third-order valence-corrected chi connectivity index (χ3v) is 3.74. The first kappa shape index (κ1) is 17.4. The van der Waals surface area contributed by atoms with Crippen LogP contribution in [-0.4, -0.2) is 24.4 Å². The van der Waals surface area contributed by atoms with Gasteiger partial charge in [0.2, 0.25) is 5.91 Å². The number of halogens is 2. The van der Waals surface area contributed by atoms with E-state index in [4.69, 9.17) is 11.6 Å². The molecule has 2 aromatic carbocycles. The molecule has 5 heteroatoms. The lowest BCUT2D eigenvalue weighted by molar-refractivity contribution is -0.122. The minimum atomic E-state index is -0.284. The summed E-state index contributed by atoms with van der Waals surface area (Å²) < 4.78 is 12.9. The normalized spacial score (nSPS) is 12.2. The van der Waals surface area contributed by atoms with E-state index < -0.39 is 0 Å². The van der Waals surface area contributed by atoms with E-state index in [0.29, 0.717) is 11.6 Å². The minimum Gasteiger partial charge on any atom is -0.348 e. The van der Waals surface area contributed by atoms with Gasteiger partial charge in [-0.2, -0.15) is 0 Å². The van der Waals surface area contributed by atoms with Crippen LogP contribution in [0.1, 0.15) is 24.1 Å². The summed E-state index contributed by atoms with van der Waals surface area (Å²) in [5.74, 6) is -0.361. The smallest absolute Gasteiger partial charge is 0.234 e. The average Bonchev–Trinajstić information content (AvgIpc) is 2.47. The second-order valence-corrected chi connectivity index (χ2v) is 6.08. The van der Waals surface area contributed by atoms with Crippen LogP contribution in [0.15, 0.2) is 48.5 Å². The maximum atomic E-state index is 12.9. The van der Waals surface area contributed by atoms with E-state index >= 15 is 0 Å². The van der Waals surface area contributed by atoms with Gasteiger partial charge in [0.15, 0.2) is 0 Å². The lowest BCUT2D eigenvalue weighted by Crippen LogP contribution is -2.36. The van der Waals surface area contributed by atoms with E-state index in [2.05, 4.69) is 5.32 Å². The van der Waals surface area contributed by atoms with Crippen molar-refractivity contribution in [2.45, 2.75) is 19.5 Å². The Labute approximate surface area is 141 Å². The van der Waals surface area contributed by atoms with Crippen LogP contribution in [0.5, 0.6) is 0 Å². The predicted octanol–water partition coefficient (Wildman–Crippen LogP) is 3.79. The third kappa shape index (κ3) is 5.66. The molecule has 23 heavy (non-hydrogen) atoms. The third-order valence-electron chi connectivity index (χ3n) is 3.50. The molecule has 0 aliphatic rings. The van der Waals surface area contributed by atoms with Gasteiger partial charge in [-0.25, -0.2) is 4.39 Å². The first-order valence-corrected chi connectivity index (χ1v) is 7.79. The number of nitrogens with one attached hydrogen (secondary N) is 1. The first-order valence-electron chi connectivity index (χ1n) is 7.42. The van der Waals surface area contributed by atoms with Gasteiger partial charge >= 0.3 is 0 Å². The standard InChI is InChI=1S/C18H20ClFN2O/c1-13(15-6-8-17(20)9-7-15)21-18(23)12-22(2)11-14-4-3-5-16(19)10-14/h3-10,13H,11-12H2,1-2H3,(H,21,23). The molecular formula is C18H20ClFN2O. The Hall–Kier alpha value is -1.91. The first-order chi connectivity index (χ1) is 10.9. The van der Waals surface area contributed by atoms with Gasteiger partial charge in [-0.05, 0) is 49.4 Å². The number of hydrogen-bond donors (Lipinski definition) is 1. The Kier molecular flexibility index (Phi) is 6.13. The fourth-order valence-electron chi connectivity index (χ4n) is 2.37. The molecule has 1 N–H and O–H groups in total. The van der Waals surface area contributed by atoms with Crippen molar-refractivity contribution in [2.24, 2.45) is 0 Å². The van der Waals surface area contributed by atoms with Crippen LogP contribution >= 0.6 is 11.6 Å². The lowest BCUT2D eigenvalue weighted by atomic mass is 10.1. The second-order valence-electron chi connectivity index (χ2n) is 5.64. The molecule has 122 valence electrons. The molecular weight excluding hydrogens is 315 g/mol. The number of carbonyl (C=O) groups excluding carboxylic acids is 1. The fourth-order valence-corrected chi connectivity index (χ4v) is 2.58. The summed E-state index contributed by atoms with van der Waals surface area (Å²) in [6, 6.07) is 13.5. The quantitative estimate of drug-likeness (QED) is 0.871. The van der Waals surface area contributed by atoms with Crippen molar-refractivity contribution in [1.29, 1.82) is 0 Å². The Morgan fingerprint density at radius 1 is 1.26 bits per heavy atom. The van der Waals surface area contributed by atoms with Crippen molar-refractivity contribution < 1.29 is 9.18 Å². The molecule has 2 rings (SSSR count). The number of benzene rings is 2. The Bertz CT molecular complexity index is 660. The molecule has 0 heterocycles. The summed E-state index contributed by atoms with van der Waals surface area (Å²) in [5.41, 5.74) is 1.93. The van der Waals surface area contributed by atoms with Gasteiger partial charge in [0.25, 0.3) is 0 Å². The van der Waals surface area contributed by atoms with Crippen LogP contribution in [0.3, 0.4) is 0 Å². The molecule has 0 saturated carbocycles. The Morgan fingerprint density at radius 3 is 2.61 bits per heavy atom. The topological polar surface area (TPSA) is 32.3 Å². The summed E-state index contributed by atoms with van der Waals surface area (Å²) in [5, 5.41) is 3.60. The molecule has 0 bridgehead atoms. The molecule has 1 amide bonds. The van der Waals surface area contributed by atoms with Crippen LogP contribution in [0.4, 0.5) is 4.39 Å². The largest absolute Gasteiger partial charge is 0.348 e. The lowest BCUT2D eigenvalue weighted by Gasteiger charge is -2.19. The molecule has 1 atom stereocenters. The highest BCUT2D eigenvalue weighted by atomic mass is 35.5. The molecule has 0 fully saturated rings. The molecule has 0 aromatic heterocycles. The van der Waals surface area contributed by atoms with Crippen molar-refractivity contribution in [1.82, 2.24) is 10.2 Å². The number of carbonyl (C=O) groups is 1. The van der Waals surface area contributed by atoms with Gasteiger partial charge in [-0.3, -0.25) is 9.69 Å². The summed E-state index contributed by atoms with van der Waals surface area (Å²) in [6.07, 6.45) is 0. The van der Waals surface area contributed by atoms with Crippen LogP contribution in [0.2, 0.25) is 5.02 Å². The molecule has 1 unspecified atom stereocenters. The summed E-state index contributed by atoms with van der Waals surface area (Å²) >= 11 is 5.96. The fraction of sp³-hybridized carbons (Fsp3) is 0.278. The minimum absolute atomic E-state index is 0.0775. The molecule has 0 radical (unpaired) electrons. The van der Waals surface area contributed by atoms with Crippen molar-refractivity contribution in [3.05, 3.63) is 70.5 Å². The zero-order valence-corrected chi connectivity index (χ0v) is 14.0. The summed E-state index contributed by atoms with van der Waals surface area (Å²) in [7, 11) is 1.88. The van der Waals surface area contributed by atoms with Gasteiger partial charge in [0, 0.05) is 11.6 Å². The van der Waals surface area contributed by atoms with Crippen molar-refractivity contribution in [3.63, 3.8) is 0 Å². The zero-order chi connectivity index (χ0) is 16.8. The van der Waals surface area contributed by atoms with Crippen LogP contribution < -0.4 is 5.32 Å². The van der Waals surface area contributed by atoms with Gasteiger partial charge in [-0.1, -0.05) is 35.9 Å². The highest BCUT2D eigenvalue weighted by molar-refractivity contribution is 6.30. The summed E-state index contributed by atoms with van der Waals surface area (Å²) in [6.45, 7) is 2.79. The number of likely N-dealkylation sites (N-methyl/N-ethyl adjacent to an activating group) is 1. The van der Waals surface area contributed by atoms with Gasteiger partial charge in [0.05, 0.1) is 12.6 Å². The highest BCUT2D eigenvalue weighted by Gasteiger charge is 2.12. The zero-order valence-electron chi connectivity index (χ0n) is 13.2. The Balaban J connectivity index is 1.85. The average molecular weight is 335 g/mol. The molecule has 0 spiro atoms. The van der Waals surface area contributed by atoms with E-state index in [-0.39, 0.29) is 24.3 Å². The van der Waals surface area contributed by atoms with Crippen LogP contribution in [0, 0.1) is 5.82 Å². The number of amides is 1. The van der Waals surface area contributed by atoms with E-state index in [0.717, 1.165) is 11.1 Å². The molecule has 3 nitrogen and oxygen atoms in total. The van der Waals surface area contributed by atoms with Crippen LogP contribution in [0.25, 0.3) is 0 Å². The molecule has 2 aromatic rings. The molecule has 0 aliphatic heterocycles.